The number of hydrogen-bond acceptors (Lipinski definition) is 3. The molecule has 1 rings (SSSR count). The second-order valence-electron chi connectivity index (χ2n) is 5.04. The number of rotatable bonds is 5. The summed E-state index contributed by atoms with van der Waals surface area (Å²) in [7, 11) is 4.02. The van der Waals surface area contributed by atoms with E-state index < -0.39 is 0 Å². The van der Waals surface area contributed by atoms with Gasteiger partial charge < -0.3 is 15.5 Å². The van der Waals surface area contributed by atoms with Crippen LogP contribution in [0.5, 0.6) is 0 Å². The van der Waals surface area contributed by atoms with Crippen LogP contribution in [0.2, 0.25) is 0 Å². The van der Waals surface area contributed by atoms with E-state index in [-0.39, 0.29) is 5.91 Å². The summed E-state index contributed by atoms with van der Waals surface area (Å²) in [6.07, 6.45) is 3.09. The highest BCUT2D eigenvalue weighted by Crippen LogP contribution is 2.17. The van der Waals surface area contributed by atoms with Gasteiger partial charge in [0, 0.05) is 25.6 Å². The summed E-state index contributed by atoms with van der Waals surface area (Å²) in [6, 6.07) is 0.369. The lowest BCUT2D eigenvalue weighted by Crippen LogP contribution is -2.44. The standard InChI is InChI=1S/C12H25N3O/c1-10-5-4-6-13-11(10)9-12(16)14-7-8-15(2)3/h10-11,13H,4-9H2,1-3H3,(H,14,16). The summed E-state index contributed by atoms with van der Waals surface area (Å²) in [4.78, 5) is 13.7. The molecule has 1 heterocycles. The maximum Gasteiger partial charge on any atom is 0.221 e. The molecule has 4 nitrogen and oxygen atoms in total. The van der Waals surface area contributed by atoms with Crippen LogP contribution in [0, 0.1) is 5.92 Å². The fourth-order valence-electron chi connectivity index (χ4n) is 2.08. The van der Waals surface area contributed by atoms with Crippen LogP contribution in [0.3, 0.4) is 0 Å². The molecule has 0 aliphatic carbocycles. The average Bonchev–Trinajstić information content (AvgIpc) is 2.21. The van der Waals surface area contributed by atoms with Crippen molar-refractivity contribution in [3.8, 4) is 0 Å². The highest BCUT2D eigenvalue weighted by Gasteiger charge is 2.22. The van der Waals surface area contributed by atoms with Gasteiger partial charge in [-0.05, 0) is 39.4 Å². The van der Waals surface area contributed by atoms with E-state index in [1.165, 1.54) is 12.8 Å². The van der Waals surface area contributed by atoms with E-state index in [0.29, 0.717) is 18.4 Å². The van der Waals surface area contributed by atoms with Crippen molar-refractivity contribution in [2.75, 3.05) is 33.7 Å². The molecule has 94 valence electrons. The molecule has 1 aliphatic heterocycles. The van der Waals surface area contributed by atoms with Crippen molar-refractivity contribution in [1.82, 2.24) is 15.5 Å². The number of amides is 1. The smallest absolute Gasteiger partial charge is 0.221 e. The third-order valence-electron chi connectivity index (χ3n) is 3.22. The summed E-state index contributed by atoms with van der Waals surface area (Å²) < 4.78 is 0. The van der Waals surface area contributed by atoms with Gasteiger partial charge in [-0.3, -0.25) is 4.79 Å². The Hall–Kier alpha value is -0.610. The minimum Gasteiger partial charge on any atom is -0.355 e. The third kappa shape index (κ3) is 4.94. The molecule has 1 fully saturated rings. The van der Waals surface area contributed by atoms with Crippen LogP contribution in [0.1, 0.15) is 26.2 Å². The van der Waals surface area contributed by atoms with Crippen molar-refractivity contribution in [1.29, 1.82) is 0 Å². The monoisotopic (exact) mass is 227 g/mol. The number of piperidine rings is 1. The molecule has 1 aliphatic rings. The molecule has 0 aromatic carbocycles. The Morgan fingerprint density at radius 3 is 2.88 bits per heavy atom. The second kappa shape index (κ2) is 6.86. The minimum absolute atomic E-state index is 0.174. The predicted octanol–water partition coefficient (Wildman–Crippen LogP) is 0.442. The second-order valence-corrected chi connectivity index (χ2v) is 5.04. The Kier molecular flexibility index (Phi) is 5.77. The van der Waals surface area contributed by atoms with Crippen LogP contribution in [-0.2, 0) is 4.79 Å². The van der Waals surface area contributed by atoms with Crippen LogP contribution >= 0.6 is 0 Å². The van der Waals surface area contributed by atoms with Gasteiger partial charge in [0.1, 0.15) is 0 Å². The van der Waals surface area contributed by atoms with Crippen LogP contribution in [-0.4, -0.2) is 50.6 Å². The van der Waals surface area contributed by atoms with Gasteiger partial charge in [0.25, 0.3) is 0 Å². The van der Waals surface area contributed by atoms with Crippen molar-refractivity contribution >= 4 is 5.91 Å². The molecule has 0 radical (unpaired) electrons. The summed E-state index contributed by atoms with van der Waals surface area (Å²) in [5, 5.41) is 6.39. The molecule has 4 heteroatoms. The molecule has 0 aromatic rings. The Morgan fingerprint density at radius 1 is 1.50 bits per heavy atom. The molecule has 0 spiro atoms. The van der Waals surface area contributed by atoms with E-state index in [0.717, 1.165) is 19.6 Å². The van der Waals surface area contributed by atoms with Crippen LogP contribution in [0.15, 0.2) is 0 Å². The van der Waals surface area contributed by atoms with Gasteiger partial charge in [-0.25, -0.2) is 0 Å². The lowest BCUT2D eigenvalue weighted by atomic mass is 9.90. The normalized spacial score (nSPS) is 25.8. The number of nitrogens with one attached hydrogen (secondary N) is 2. The van der Waals surface area contributed by atoms with E-state index in [1.807, 2.05) is 14.1 Å². The van der Waals surface area contributed by atoms with Crippen molar-refractivity contribution < 1.29 is 4.79 Å². The SMILES string of the molecule is CC1CCCNC1CC(=O)NCCN(C)C. The van der Waals surface area contributed by atoms with E-state index in [4.69, 9.17) is 0 Å². The Labute approximate surface area is 98.8 Å². The molecular formula is C12H25N3O. The Balaban J connectivity index is 2.17. The van der Waals surface area contributed by atoms with Crippen molar-refractivity contribution in [3.63, 3.8) is 0 Å². The minimum atomic E-state index is 0.174. The van der Waals surface area contributed by atoms with Gasteiger partial charge in [0.05, 0.1) is 0 Å². The number of carbonyl (C=O) groups is 1. The summed E-state index contributed by atoms with van der Waals surface area (Å²) in [6.45, 7) is 4.93. The molecular weight excluding hydrogens is 202 g/mol. The first-order valence-corrected chi connectivity index (χ1v) is 6.24. The zero-order valence-corrected chi connectivity index (χ0v) is 10.8. The van der Waals surface area contributed by atoms with E-state index in [2.05, 4.69) is 22.5 Å². The molecule has 0 saturated carbocycles. The van der Waals surface area contributed by atoms with Crippen molar-refractivity contribution in [2.45, 2.75) is 32.2 Å². The van der Waals surface area contributed by atoms with E-state index in [9.17, 15) is 4.79 Å². The largest absolute Gasteiger partial charge is 0.355 e. The van der Waals surface area contributed by atoms with Crippen LogP contribution < -0.4 is 10.6 Å². The molecule has 2 N–H and O–H groups in total. The topological polar surface area (TPSA) is 44.4 Å². The highest BCUT2D eigenvalue weighted by molar-refractivity contribution is 5.76. The lowest BCUT2D eigenvalue weighted by molar-refractivity contribution is -0.122. The summed E-state index contributed by atoms with van der Waals surface area (Å²) in [5.41, 5.74) is 0. The summed E-state index contributed by atoms with van der Waals surface area (Å²) in [5.74, 6) is 0.793. The van der Waals surface area contributed by atoms with Gasteiger partial charge >= 0.3 is 0 Å². The number of carbonyl (C=O) groups excluding carboxylic acids is 1. The van der Waals surface area contributed by atoms with E-state index in [1.54, 1.807) is 0 Å². The molecule has 0 aromatic heterocycles. The van der Waals surface area contributed by atoms with Gasteiger partial charge in [-0.1, -0.05) is 6.92 Å². The highest BCUT2D eigenvalue weighted by atomic mass is 16.1. The Bertz CT molecular complexity index is 218. The molecule has 2 unspecified atom stereocenters. The van der Waals surface area contributed by atoms with Gasteiger partial charge in [-0.2, -0.15) is 0 Å². The first kappa shape index (κ1) is 13.5. The van der Waals surface area contributed by atoms with Crippen LogP contribution in [0.4, 0.5) is 0 Å². The zero-order chi connectivity index (χ0) is 12.0. The molecule has 2 atom stereocenters. The van der Waals surface area contributed by atoms with Gasteiger partial charge in [0.2, 0.25) is 5.91 Å². The van der Waals surface area contributed by atoms with Gasteiger partial charge in [-0.15, -0.1) is 0 Å². The third-order valence-corrected chi connectivity index (χ3v) is 3.22. The van der Waals surface area contributed by atoms with E-state index >= 15 is 0 Å². The van der Waals surface area contributed by atoms with Crippen molar-refractivity contribution in [2.24, 2.45) is 5.92 Å². The zero-order valence-electron chi connectivity index (χ0n) is 10.8. The number of hydrogen-bond donors (Lipinski definition) is 2. The average molecular weight is 227 g/mol. The quantitative estimate of drug-likeness (QED) is 0.716. The van der Waals surface area contributed by atoms with Crippen molar-refractivity contribution in [3.05, 3.63) is 0 Å². The molecule has 0 bridgehead atoms. The molecule has 1 saturated heterocycles. The Morgan fingerprint density at radius 2 is 2.25 bits per heavy atom. The maximum absolute atomic E-state index is 11.7. The first-order chi connectivity index (χ1) is 7.59. The number of likely N-dealkylation sites (N-methyl/N-ethyl adjacent to an activating group) is 1. The summed E-state index contributed by atoms with van der Waals surface area (Å²) >= 11 is 0. The fraction of sp³-hybridized carbons (Fsp3) is 0.917. The van der Waals surface area contributed by atoms with Gasteiger partial charge in [0.15, 0.2) is 0 Å². The lowest BCUT2D eigenvalue weighted by Gasteiger charge is -2.29. The number of nitrogens with zero attached hydrogens (tertiary/aromatic N) is 1. The predicted molar refractivity (Wildman–Crippen MR) is 66.4 cm³/mol. The molecule has 16 heavy (non-hydrogen) atoms. The first-order valence-electron chi connectivity index (χ1n) is 6.24. The van der Waals surface area contributed by atoms with Crippen LogP contribution in [0.25, 0.3) is 0 Å². The fourth-order valence-corrected chi connectivity index (χ4v) is 2.08. The maximum atomic E-state index is 11.7. The molecule has 1 amide bonds.